The van der Waals surface area contributed by atoms with Gasteiger partial charge in [0.2, 0.25) is 5.78 Å². The average Bonchev–Trinajstić information content (AvgIpc) is 2.46. The molecule has 1 atom stereocenters. The van der Waals surface area contributed by atoms with Gasteiger partial charge < -0.3 is 0 Å². The second-order valence-corrected chi connectivity index (χ2v) is 4.32. The molecule has 0 fully saturated rings. The Morgan fingerprint density at radius 1 is 1.24 bits per heavy atom. The number of fused-ring (bicyclic) bond motifs is 3. The van der Waals surface area contributed by atoms with E-state index in [2.05, 4.69) is 9.98 Å². The van der Waals surface area contributed by atoms with E-state index in [9.17, 15) is 25.0 Å². The van der Waals surface area contributed by atoms with Crippen LogP contribution < -0.4 is 0 Å². The van der Waals surface area contributed by atoms with Gasteiger partial charge in [0.25, 0.3) is 5.69 Å². The number of non-ortho nitro benzene ring substituents is 1. The Morgan fingerprint density at radius 2 is 2.00 bits per heavy atom. The van der Waals surface area contributed by atoms with Gasteiger partial charge in [-0.15, -0.1) is 0 Å². The number of Topliss-reactive ketones (excluding diaryl/α,β-unsaturated/α-hetero) is 1. The molecule has 21 heavy (non-hydrogen) atoms. The van der Waals surface area contributed by atoms with Gasteiger partial charge in [-0.1, -0.05) is 0 Å². The molecular weight excluding hydrogens is 280 g/mol. The van der Waals surface area contributed by atoms with Crippen molar-refractivity contribution >= 4 is 34.3 Å². The Bertz CT molecular complexity index is 845. The lowest BCUT2D eigenvalue weighted by atomic mass is 9.97. The van der Waals surface area contributed by atoms with E-state index in [1.165, 1.54) is 18.3 Å². The molecule has 2 heterocycles. The second kappa shape index (κ2) is 4.40. The van der Waals surface area contributed by atoms with Crippen molar-refractivity contribution in [2.75, 3.05) is 0 Å². The van der Waals surface area contributed by atoms with E-state index in [-0.39, 0.29) is 27.8 Å². The minimum atomic E-state index is -1.63. The van der Waals surface area contributed by atoms with E-state index in [0.29, 0.717) is 0 Å². The summed E-state index contributed by atoms with van der Waals surface area (Å²) in [6.07, 6.45) is 2.33. The van der Waals surface area contributed by atoms with Gasteiger partial charge in [0.05, 0.1) is 22.1 Å². The number of hydrogen-bond acceptors (Lipinski definition) is 7. The number of hydrogen-bond donors (Lipinski definition) is 0. The van der Waals surface area contributed by atoms with Crippen LogP contribution in [-0.2, 0) is 0 Å². The normalized spacial score (nSPS) is 16.8. The first-order valence-electron chi connectivity index (χ1n) is 5.78. The first-order valence-corrected chi connectivity index (χ1v) is 5.78. The molecule has 0 bridgehead atoms. The number of benzene rings is 1. The van der Waals surface area contributed by atoms with Gasteiger partial charge in [-0.25, -0.2) is 0 Å². The fraction of sp³-hybridized carbons (Fsp3) is 0.0833. The molecule has 0 amide bonds. The third-order valence-corrected chi connectivity index (χ3v) is 3.15. The molecule has 0 radical (unpaired) electrons. The maximum absolute atomic E-state index is 12.1. The lowest BCUT2D eigenvalue weighted by molar-refractivity contribution is -0.485. The van der Waals surface area contributed by atoms with Gasteiger partial charge in [0.1, 0.15) is 11.2 Å². The molecule has 0 aliphatic carbocycles. The summed E-state index contributed by atoms with van der Waals surface area (Å²) in [5.74, 6) is -0.833. The smallest absolute Gasteiger partial charge is 0.286 e. The van der Waals surface area contributed by atoms with Crippen LogP contribution in [0.2, 0.25) is 0 Å². The fourth-order valence-corrected chi connectivity index (χ4v) is 2.20. The summed E-state index contributed by atoms with van der Waals surface area (Å²) in [6.45, 7) is 0. The van der Waals surface area contributed by atoms with Crippen molar-refractivity contribution in [1.29, 1.82) is 0 Å². The molecule has 0 saturated heterocycles. The van der Waals surface area contributed by atoms with Crippen molar-refractivity contribution in [3.63, 3.8) is 0 Å². The number of nitrogens with zero attached hydrogens (tertiary/aromatic N) is 4. The Labute approximate surface area is 116 Å². The summed E-state index contributed by atoms with van der Waals surface area (Å²) in [5, 5.41) is 22.1. The van der Waals surface area contributed by atoms with E-state index in [1.54, 1.807) is 0 Å². The highest BCUT2D eigenvalue weighted by molar-refractivity contribution is 6.19. The van der Waals surface area contributed by atoms with E-state index >= 15 is 0 Å². The van der Waals surface area contributed by atoms with Crippen LogP contribution in [0.15, 0.2) is 29.4 Å². The number of carbonyl (C=O) groups excluding carboxylic acids is 1. The largest absolute Gasteiger partial charge is 0.309 e. The van der Waals surface area contributed by atoms with Crippen molar-refractivity contribution in [2.24, 2.45) is 4.99 Å². The topological polar surface area (TPSA) is 129 Å². The highest BCUT2D eigenvalue weighted by Gasteiger charge is 2.36. The van der Waals surface area contributed by atoms with Gasteiger partial charge in [0, 0.05) is 17.2 Å². The first kappa shape index (κ1) is 12.8. The molecule has 0 N–H and O–H groups in total. The Balaban J connectivity index is 2.37. The van der Waals surface area contributed by atoms with Crippen molar-refractivity contribution in [3.8, 4) is 0 Å². The summed E-state index contributed by atoms with van der Waals surface area (Å²) in [6, 6.07) is 2.41. The number of nitro benzene ring substituents is 1. The highest BCUT2D eigenvalue weighted by atomic mass is 16.6. The zero-order valence-corrected chi connectivity index (χ0v) is 10.3. The van der Waals surface area contributed by atoms with Crippen LogP contribution in [0.25, 0.3) is 10.9 Å². The first-order chi connectivity index (χ1) is 10.0. The number of ketones is 1. The maximum Gasteiger partial charge on any atom is 0.309 e. The van der Waals surface area contributed by atoms with Crippen LogP contribution in [0.5, 0.6) is 0 Å². The van der Waals surface area contributed by atoms with Gasteiger partial charge in [-0.2, -0.15) is 0 Å². The molecular formula is C12H6N4O5. The number of carbonyl (C=O) groups is 1. The standard InChI is InChI=1S/C12H6N4O5/c17-12-7-4-8(15(18)19)6-2-1-3-13-10(6)11(7)14-5-9(12)16(20)21/h1-5,9H. The predicted molar refractivity (Wildman–Crippen MR) is 71.7 cm³/mol. The minimum absolute atomic E-state index is 0.124. The summed E-state index contributed by atoms with van der Waals surface area (Å²) >= 11 is 0. The van der Waals surface area contributed by atoms with Crippen LogP contribution in [-0.4, -0.2) is 32.9 Å². The highest BCUT2D eigenvalue weighted by Crippen LogP contribution is 2.37. The SMILES string of the molecule is O=C1c2cc([N+](=O)[O-])c3cccnc3c2N=CC1[N+](=O)[O-]. The van der Waals surface area contributed by atoms with Crippen LogP contribution >= 0.6 is 0 Å². The van der Waals surface area contributed by atoms with E-state index in [0.717, 1.165) is 12.3 Å². The number of pyridine rings is 1. The zero-order valence-electron chi connectivity index (χ0n) is 10.3. The van der Waals surface area contributed by atoms with E-state index < -0.39 is 21.7 Å². The molecule has 2 aromatic rings. The number of nitro groups is 2. The quantitative estimate of drug-likeness (QED) is 0.610. The van der Waals surface area contributed by atoms with Gasteiger partial charge >= 0.3 is 6.04 Å². The van der Waals surface area contributed by atoms with Gasteiger partial charge in [-0.3, -0.25) is 35.0 Å². The van der Waals surface area contributed by atoms with Crippen molar-refractivity contribution in [2.45, 2.75) is 6.04 Å². The Hall–Kier alpha value is -3.23. The van der Waals surface area contributed by atoms with E-state index in [4.69, 9.17) is 0 Å². The summed E-state index contributed by atoms with van der Waals surface area (Å²) < 4.78 is 0. The third kappa shape index (κ3) is 1.83. The third-order valence-electron chi connectivity index (χ3n) is 3.15. The van der Waals surface area contributed by atoms with Crippen molar-refractivity contribution < 1.29 is 14.6 Å². The monoisotopic (exact) mass is 286 g/mol. The number of rotatable bonds is 2. The molecule has 104 valence electrons. The van der Waals surface area contributed by atoms with Crippen LogP contribution in [0.1, 0.15) is 10.4 Å². The Morgan fingerprint density at radius 3 is 2.67 bits per heavy atom. The maximum atomic E-state index is 12.1. The molecule has 1 aromatic carbocycles. The lowest BCUT2D eigenvalue weighted by Crippen LogP contribution is -2.33. The predicted octanol–water partition coefficient (Wildman–Crippen LogP) is 1.69. The fourth-order valence-electron chi connectivity index (χ4n) is 2.20. The minimum Gasteiger partial charge on any atom is -0.286 e. The molecule has 1 aliphatic rings. The molecule has 3 rings (SSSR count). The summed E-state index contributed by atoms with van der Waals surface area (Å²) in [7, 11) is 0. The number of aromatic nitrogens is 1. The number of aliphatic imine (C=N–C) groups is 1. The lowest BCUT2D eigenvalue weighted by Gasteiger charge is -2.13. The summed E-state index contributed by atoms with van der Waals surface area (Å²) in [5.41, 5.74) is -0.186. The van der Waals surface area contributed by atoms with Crippen LogP contribution in [0, 0.1) is 20.2 Å². The molecule has 1 aliphatic heterocycles. The molecule has 9 nitrogen and oxygen atoms in total. The molecule has 1 aromatic heterocycles. The van der Waals surface area contributed by atoms with Gasteiger partial charge in [0.15, 0.2) is 0 Å². The van der Waals surface area contributed by atoms with Crippen molar-refractivity contribution in [1.82, 2.24) is 4.98 Å². The van der Waals surface area contributed by atoms with Crippen LogP contribution in [0.4, 0.5) is 11.4 Å². The molecule has 0 saturated carbocycles. The van der Waals surface area contributed by atoms with Gasteiger partial charge in [-0.05, 0) is 12.1 Å². The average molecular weight is 286 g/mol. The molecule has 9 heteroatoms. The summed E-state index contributed by atoms with van der Waals surface area (Å²) in [4.78, 5) is 40.5. The zero-order chi connectivity index (χ0) is 15.1. The van der Waals surface area contributed by atoms with Crippen molar-refractivity contribution in [3.05, 3.63) is 50.2 Å². The van der Waals surface area contributed by atoms with E-state index in [1.807, 2.05) is 0 Å². The second-order valence-electron chi connectivity index (χ2n) is 4.32. The molecule has 1 unspecified atom stereocenters. The Kier molecular flexibility index (Phi) is 2.68. The van der Waals surface area contributed by atoms with Crippen LogP contribution in [0.3, 0.4) is 0 Å². The molecule has 0 spiro atoms.